The van der Waals surface area contributed by atoms with Crippen molar-refractivity contribution >= 4 is 11.6 Å². The Morgan fingerprint density at radius 1 is 1.60 bits per heavy atom. The lowest BCUT2D eigenvalue weighted by Gasteiger charge is -2.26. The van der Waals surface area contributed by atoms with E-state index in [2.05, 4.69) is 5.32 Å². The molecule has 0 radical (unpaired) electrons. The monoisotopic (exact) mass is 229 g/mol. The van der Waals surface area contributed by atoms with Crippen LogP contribution < -0.4 is 5.32 Å². The van der Waals surface area contributed by atoms with Crippen molar-refractivity contribution in [2.45, 2.75) is 12.5 Å². The summed E-state index contributed by atoms with van der Waals surface area (Å²) in [6.45, 7) is 1.24. The van der Waals surface area contributed by atoms with Crippen molar-refractivity contribution < 1.29 is 9.13 Å². The lowest BCUT2D eigenvalue weighted by molar-refractivity contribution is 0.0410. The van der Waals surface area contributed by atoms with Gasteiger partial charge < -0.3 is 10.1 Å². The standard InChI is InChI=1S/C11H13ClFNO/c1-14-6-9-10-7(4-5-15-9)2-3-8(12)11(10)13/h2-3,9,14H,4-6H2,1H3/t9-/m0/s1. The molecule has 1 aliphatic heterocycles. The summed E-state index contributed by atoms with van der Waals surface area (Å²) in [5.74, 6) is -0.339. The summed E-state index contributed by atoms with van der Waals surface area (Å²) in [6.07, 6.45) is 0.529. The summed E-state index contributed by atoms with van der Waals surface area (Å²) in [7, 11) is 1.82. The van der Waals surface area contributed by atoms with E-state index >= 15 is 0 Å². The van der Waals surface area contributed by atoms with E-state index in [1.54, 1.807) is 6.07 Å². The Hall–Kier alpha value is -0.640. The van der Waals surface area contributed by atoms with Crippen LogP contribution in [0.3, 0.4) is 0 Å². The number of halogens is 2. The van der Waals surface area contributed by atoms with Gasteiger partial charge in [0.15, 0.2) is 0 Å². The Balaban J connectivity index is 2.43. The second-order valence-corrected chi connectivity index (χ2v) is 4.01. The molecule has 0 unspecified atom stereocenters. The van der Waals surface area contributed by atoms with Crippen molar-refractivity contribution in [3.05, 3.63) is 34.1 Å². The van der Waals surface area contributed by atoms with Crippen LogP contribution in [0, 0.1) is 5.82 Å². The van der Waals surface area contributed by atoms with Crippen LogP contribution in [0.1, 0.15) is 17.2 Å². The molecule has 0 amide bonds. The summed E-state index contributed by atoms with van der Waals surface area (Å²) in [5.41, 5.74) is 1.62. The van der Waals surface area contributed by atoms with Gasteiger partial charge in [-0.05, 0) is 25.1 Å². The van der Waals surface area contributed by atoms with E-state index in [0.717, 1.165) is 12.0 Å². The van der Waals surface area contributed by atoms with Gasteiger partial charge in [-0.15, -0.1) is 0 Å². The van der Waals surface area contributed by atoms with Crippen LogP contribution in [0.25, 0.3) is 0 Å². The van der Waals surface area contributed by atoms with Crippen molar-refractivity contribution in [1.82, 2.24) is 5.32 Å². The van der Waals surface area contributed by atoms with Crippen molar-refractivity contribution in [3.8, 4) is 0 Å². The maximum atomic E-state index is 13.8. The number of fused-ring (bicyclic) bond motifs is 1. The zero-order valence-electron chi connectivity index (χ0n) is 8.52. The second kappa shape index (κ2) is 4.47. The number of ether oxygens (including phenoxy) is 1. The van der Waals surface area contributed by atoms with Crippen LogP contribution in [0.5, 0.6) is 0 Å². The molecule has 0 saturated heterocycles. The molecule has 1 aliphatic rings. The molecule has 2 rings (SSSR count). The lowest BCUT2D eigenvalue weighted by atomic mass is 9.97. The average molecular weight is 230 g/mol. The lowest BCUT2D eigenvalue weighted by Crippen LogP contribution is -2.26. The molecule has 0 fully saturated rings. The highest BCUT2D eigenvalue weighted by atomic mass is 35.5. The SMILES string of the molecule is CNC[C@@H]1OCCc2ccc(Cl)c(F)c21. The molecule has 15 heavy (non-hydrogen) atoms. The molecule has 1 heterocycles. The molecule has 0 aliphatic carbocycles. The van der Waals surface area contributed by atoms with Gasteiger partial charge in [0.2, 0.25) is 0 Å². The molecule has 1 N–H and O–H groups in total. The first-order chi connectivity index (χ1) is 7.24. The quantitative estimate of drug-likeness (QED) is 0.841. The summed E-state index contributed by atoms with van der Waals surface area (Å²) in [6, 6.07) is 3.49. The van der Waals surface area contributed by atoms with E-state index in [-0.39, 0.29) is 16.9 Å². The molecule has 0 aromatic heterocycles. The number of hydrogen-bond acceptors (Lipinski definition) is 2. The van der Waals surface area contributed by atoms with Gasteiger partial charge >= 0.3 is 0 Å². The van der Waals surface area contributed by atoms with Gasteiger partial charge in [0.05, 0.1) is 17.7 Å². The van der Waals surface area contributed by atoms with Crippen LogP contribution in [-0.4, -0.2) is 20.2 Å². The van der Waals surface area contributed by atoms with Crippen LogP contribution in [0.2, 0.25) is 5.02 Å². The smallest absolute Gasteiger partial charge is 0.147 e. The van der Waals surface area contributed by atoms with Gasteiger partial charge in [0.1, 0.15) is 5.82 Å². The Kier molecular flexibility index (Phi) is 3.24. The zero-order valence-corrected chi connectivity index (χ0v) is 9.27. The maximum absolute atomic E-state index is 13.8. The normalized spacial score (nSPS) is 20.1. The highest BCUT2D eigenvalue weighted by Crippen LogP contribution is 2.32. The molecule has 0 spiro atoms. The maximum Gasteiger partial charge on any atom is 0.147 e. The van der Waals surface area contributed by atoms with E-state index in [0.29, 0.717) is 18.7 Å². The highest BCUT2D eigenvalue weighted by Gasteiger charge is 2.25. The molecule has 82 valence electrons. The van der Waals surface area contributed by atoms with Crippen LogP contribution in [0.15, 0.2) is 12.1 Å². The van der Waals surface area contributed by atoms with E-state index < -0.39 is 0 Å². The number of benzene rings is 1. The summed E-state index contributed by atoms with van der Waals surface area (Å²) < 4.78 is 19.3. The first-order valence-electron chi connectivity index (χ1n) is 4.97. The number of likely N-dealkylation sites (N-methyl/N-ethyl adjacent to an activating group) is 1. The van der Waals surface area contributed by atoms with Gasteiger partial charge in [0.25, 0.3) is 0 Å². The predicted molar refractivity (Wildman–Crippen MR) is 57.7 cm³/mol. The topological polar surface area (TPSA) is 21.3 Å². The summed E-state index contributed by atoms with van der Waals surface area (Å²) >= 11 is 5.76. The van der Waals surface area contributed by atoms with Gasteiger partial charge in [-0.25, -0.2) is 4.39 Å². The van der Waals surface area contributed by atoms with E-state index in [1.807, 2.05) is 13.1 Å². The van der Waals surface area contributed by atoms with Crippen molar-refractivity contribution in [3.63, 3.8) is 0 Å². The van der Waals surface area contributed by atoms with E-state index in [9.17, 15) is 4.39 Å². The first kappa shape index (κ1) is 10.9. The van der Waals surface area contributed by atoms with Crippen LogP contribution in [-0.2, 0) is 11.2 Å². The number of hydrogen-bond donors (Lipinski definition) is 1. The second-order valence-electron chi connectivity index (χ2n) is 3.60. The third-order valence-corrected chi connectivity index (χ3v) is 2.92. The third-order valence-electron chi connectivity index (χ3n) is 2.62. The summed E-state index contributed by atoms with van der Waals surface area (Å²) in [4.78, 5) is 0. The van der Waals surface area contributed by atoms with Gasteiger partial charge in [-0.1, -0.05) is 17.7 Å². The molecule has 1 aromatic rings. The fourth-order valence-corrected chi connectivity index (χ4v) is 2.08. The van der Waals surface area contributed by atoms with Crippen molar-refractivity contribution in [2.75, 3.05) is 20.2 Å². The zero-order chi connectivity index (χ0) is 10.8. The van der Waals surface area contributed by atoms with Gasteiger partial charge in [-0.3, -0.25) is 0 Å². The molecule has 2 nitrogen and oxygen atoms in total. The molecule has 0 saturated carbocycles. The number of rotatable bonds is 2. The van der Waals surface area contributed by atoms with Crippen LogP contribution >= 0.6 is 11.6 Å². The number of nitrogens with one attached hydrogen (secondary N) is 1. The Morgan fingerprint density at radius 2 is 2.40 bits per heavy atom. The highest BCUT2D eigenvalue weighted by molar-refractivity contribution is 6.30. The largest absolute Gasteiger partial charge is 0.372 e. The van der Waals surface area contributed by atoms with Gasteiger partial charge in [0, 0.05) is 12.1 Å². The minimum Gasteiger partial charge on any atom is -0.372 e. The molecular weight excluding hydrogens is 217 g/mol. The predicted octanol–water partition coefficient (Wildman–Crippen LogP) is 2.31. The Labute approximate surface area is 93.4 Å². The minimum atomic E-state index is -0.339. The van der Waals surface area contributed by atoms with Crippen molar-refractivity contribution in [2.24, 2.45) is 0 Å². The fourth-order valence-electron chi connectivity index (χ4n) is 1.91. The fraction of sp³-hybridized carbons (Fsp3) is 0.455. The Bertz CT molecular complexity index is 370. The third kappa shape index (κ3) is 2.00. The van der Waals surface area contributed by atoms with Crippen molar-refractivity contribution in [1.29, 1.82) is 0 Å². The van der Waals surface area contributed by atoms with Gasteiger partial charge in [-0.2, -0.15) is 0 Å². The molecule has 0 bridgehead atoms. The van der Waals surface area contributed by atoms with Crippen LogP contribution in [0.4, 0.5) is 4.39 Å². The minimum absolute atomic E-state index is 0.167. The molecule has 1 aromatic carbocycles. The summed E-state index contributed by atoms with van der Waals surface area (Å²) in [5, 5.41) is 3.16. The molecular formula is C11H13ClFNO. The Morgan fingerprint density at radius 3 is 3.13 bits per heavy atom. The molecule has 4 heteroatoms. The first-order valence-corrected chi connectivity index (χ1v) is 5.35. The van der Waals surface area contributed by atoms with E-state index in [1.165, 1.54) is 0 Å². The molecule has 1 atom stereocenters. The van der Waals surface area contributed by atoms with E-state index in [4.69, 9.17) is 16.3 Å². The average Bonchev–Trinajstić information content (AvgIpc) is 2.24.